The van der Waals surface area contributed by atoms with Gasteiger partial charge in [0.1, 0.15) is 0 Å². The Kier molecular flexibility index (Phi) is 3.49. The molecule has 3 N–H and O–H groups in total. The number of tetrazole rings is 1. The molecule has 0 fully saturated rings. The number of nitrogens with zero attached hydrogens (tertiary/aromatic N) is 4. The number of sulfonamides is 1. The standard InChI is InChI=1S/C10H14N6O2S/c1-7(11)8-3-5-9(6-4-8)19(17,18)14-10-12-15-16(2)13-10/h3-7H,11H2,1-2H3,(H,13,14). The van der Waals surface area contributed by atoms with E-state index in [9.17, 15) is 8.42 Å². The average Bonchev–Trinajstić information content (AvgIpc) is 2.74. The predicted octanol–water partition coefficient (Wildman–Crippen LogP) is 0.0306. The lowest BCUT2D eigenvalue weighted by atomic mass is 10.1. The number of benzene rings is 1. The summed E-state index contributed by atoms with van der Waals surface area (Å²) in [6, 6.07) is 6.16. The van der Waals surface area contributed by atoms with Crippen LogP contribution >= 0.6 is 0 Å². The molecule has 1 atom stereocenters. The second-order valence-electron chi connectivity index (χ2n) is 4.07. The Balaban J connectivity index is 2.24. The van der Waals surface area contributed by atoms with Crippen molar-refractivity contribution in [2.75, 3.05) is 4.72 Å². The Bertz CT molecular complexity index is 662. The molecule has 0 saturated carbocycles. The predicted molar refractivity (Wildman–Crippen MR) is 68.7 cm³/mol. The third-order valence-corrected chi connectivity index (χ3v) is 3.79. The Morgan fingerprint density at radius 3 is 2.42 bits per heavy atom. The molecule has 2 aromatic rings. The van der Waals surface area contributed by atoms with E-state index < -0.39 is 10.0 Å². The number of hydrogen-bond acceptors (Lipinski definition) is 6. The van der Waals surface area contributed by atoms with Crippen LogP contribution in [0.2, 0.25) is 0 Å². The maximum Gasteiger partial charge on any atom is 0.277 e. The third kappa shape index (κ3) is 3.06. The summed E-state index contributed by atoms with van der Waals surface area (Å²) in [6.45, 7) is 1.82. The average molecular weight is 282 g/mol. The van der Waals surface area contributed by atoms with Gasteiger partial charge >= 0.3 is 0 Å². The first-order valence-electron chi connectivity index (χ1n) is 5.51. The first-order chi connectivity index (χ1) is 8.88. The fourth-order valence-electron chi connectivity index (χ4n) is 1.45. The Morgan fingerprint density at radius 2 is 1.95 bits per heavy atom. The minimum atomic E-state index is -3.71. The molecule has 0 aliphatic carbocycles. The molecule has 1 aromatic heterocycles. The molecule has 1 unspecified atom stereocenters. The quantitative estimate of drug-likeness (QED) is 0.817. The molecule has 0 spiro atoms. The zero-order valence-corrected chi connectivity index (χ0v) is 11.3. The zero-order valence-electron chi connectivity index (χ0n) is 10.5. The summed E-state index contributed by atoms with van der Waals surface area (Å²) >= 11 is 0. The van der Waals surface area contributed by atoms with Gasteiger partial charge in [0.15, 0.2) is 0 Å². The zero-order chi connectivity index (χ0) is 14.0. The highest BCUT2D eigenvalue weighted by Crippen LogP contribution is 2.16. The lowest BCUT2D eigenvalue weighted by Crippen LogP contribution is -2.14. The van der Waals surface area contributed by atoms with E-state index in [1.807, 2.05) is 6.92 Å². The summed E-state index contributed by atoms with van der Waals surface area (Å²) in [6.07, 6.45) is 0. The van der Waals surface area contributed by atoms with Crippen molar-refractivity contribution in [3.05, 3.63) is 29.8 Å². The van der Waals surface area contributed by atoms with Crippen molar-refractivity contribution in [1.82, 2.24) is 20.2 Å². The lowest BCUT2D eigenvalue weighted by molar-refractivity contribution is 0.600. The van der Waals surface area contributed by atoms with Crippen molar-refractivity contribution >= 4 is 16.0 Å². The highest BCUT2D eigenvalue weighted by atomic mass is 32.2. The van der Waals surface area contributed by atoms with Crippen molar-refractivity contribution in [3.8, 4) is 0 Å². The number of nitrogens with one attached hydrogen (secondary N) is 1. The summed E-state index contributed by atoms with van der Waals surface area (Å²) < 4.78 is 26.3. The fraction of sp³-hybridized carbons (Fsp3) is 0.300. The molecule has 9 heteroatoms. The van der Waals surface area contributed by atoms with E-state index in [2.05, 4.69) is 20.1 Å². The van der Waals surface area contributed by atoms with E-state index in [1.165, 1.54) is 12.1 Å². The fourth-order valence-corrected chi connectivity index (χ4v) is 2.39. The van der Waals surface area contributed by atoms with Crippen LogP contribution in [0.3, 0.4) is 0 Å². The third-order valence-electron chi connectivity index (χ3n) is 2.45. The van der Waals surface area contributed by atoms with Gasteiger partial charge < -0.3 is 5.73 Å². The van der Waals surface area contributed by atoms with Crippen molar-refractivity contribution < 1.29 is 8.42 Å². The highest BCUT2D eigenvalue weighted by molar-refractivity contribution is 7.92. The van der Waals surface area contributed by atoms with Gasteiger partial charge in [-0.3, -0.25) is 0 Å². The Morgan fingerprint density at radius 1 is 1.32 bits per heavy atom. The molecule has 102 valence electrons. The van der Waals surface area contributed by atoms with E-state index in [0.717, 1.165) is 10.4 Å². The second kappa shape index (κ2) is 4.94. The Labute approximate surface area is 110 Å². The van der Waals surface area contributed by atoms with Crippen LogP contribution in [0, 0.1) is 0 Å². The van der Waals surface area contributed by atoms with Crippen molar-refractivity contribution in [2.45, 2.75) is 17.9 Å². The lowest BCUT2D eigenvalue weighted by Gasteiger charge is -2.07. The monoisotopic (exact) mass is 282 g/mol. The molecule has 1 aromatic carbocycles. The largest absolute Gasteiger partial charge is 0.324 e. The van der Waals surface area contributed by atoms with E-state index in [-0.39, 0.29) is 16.9 Å². The molecule has 8 nitrogen and oxygen atoms in total. The van der Waals surface area contributed by atoms with E-state index in [1.54, 1.807) is 19.2 Å². The van der Waals surface area contributed by atoms with Gasteiger partial charge in [-0.2, -0.15) is 4.80 Å². The van der Waals surface area contributed by atoms with Crippen LogP contribution in [0.5, 0.6) is 0 Å². The summed E-state index contributed by atoms with van der Waals surface area (Å²) in [5.74, 6) is -0.0706. The number of rotatable bonds is 4. The SMILES string of the molecule is CC(N)c1ccc(S(=O)(=O)Nc2nnn(C)n2)cc1. The molecule has 19 heavy (non-hydrogen) atoms. The molecule has 0 aliphatic rings. The Hall–Kier alpha value is -2.00. The molecule has 0 bridgehead atoms. The van der Waals surface area contributed by atoms with Crippen LogP contribution in [-0.2, 0) is 17.1 Å². The summed E-state index contributed by atoms with van der Waals surface area (Å²) in [7, 11) is -2.17. The first-order valence-corrected chi connectivity index (χ1v) is 6.99. The molecule has 0 radical (unpaired) electrons. The molecule has 0 amide bonds. The molecule has 2 rings (SSSR count). The van der Waals surface area contributed by atoms with Gasteiger partial charge in [0.05, 0.1) is 11.9 Å². The number of aromatic nitrogens is 4. The van der Waals surface area contributed by atoms with Crippen LogP contribution in [-0.4, -0.2) is 28.6 Å². The van der Waals surface area contributed by atoms with Gasteiger partial charge in [0, 0.05) is 6.04 Å². The minimum Gasteiger partial charge on any atom is -0.324 e. The molecule has 0 saturated heterocycles. The van der Waals surface area contributed by atoms with Gasteiger partial charge in [0.2, 0.25) is 0 Å². The maximum atomic E-state index is 12.0. The normalized spacial score (nSPS) is 13.2. The highest BCUT2D eigenvalue weighted by Gasteiger charge is 2.16. The van der Waals surface area contributed by atoms with Gasteiger partial charge in [-0.25, -0.2) is 13.1 Å². The van der Waals surface area contributed by atoms with Gasteiger partial charge in [-0.1, -0.05) is 17.2 Å². The minimum absolute atomic E-state index is 0.0706. The molecular formula is C10H14N6O2S. The summed E-state index contributed by atoms with van der Waals surface area (Å²) in [4.78, 5) is 1.28. The molecule has 0 aliphatic heterocycles. The van der Waals surface area contributed by atoms with Crippen LogP contribution in [0.4, 0.5) is 5.95 Å². The van der Waals surface area contributed by atoms with Gasteiger partial charge in [-0.05, 0) is 29.8 Å². The number of nitrogens with two attached hydrogens (primary N) is 1. The van der Waals surface area contributed by atoms with E-state index >= 15 is 0 Å². The van der Waals surface area contributed by atoms with Crippen molar-refractivity contribution in [3.63, 3.8) is 0 Å². The van der Waals surface area contributed by atoms with Gasteiger partial charge in [-0.15, -0.1) is 5.10 Å². The first kappa shape index (κ1) is 13.4. The van der Waals surface area contributed by atoms with Crippen LogP contribution in [0.25, 0.3) is 0 Å². The maximum absolute atomic E-state index is 12.0. The van der Waals surface area contributed by atoms with Crippen LogP contribution in [0.15, 0.2) is 29.2 Å². The van der Waals surface area contributed by atoms with Crippen LogP contribution in [0.1, 0.15) is 18.5 Å². The van der Waals surface area contributed by atoms with E-state index in [4.69, 9.17) is 5.73 Å². The van der Waals surface area contributed by atoms with Crippen LogP contribution < -0.4 is 10.5 Å². The van der Waals surface area contributed by atoms with E-state index in [0.29, 0.717) is 0 Å². The van der Waals surface area contributed by atoms with Crippen molar-refractivity contribution in [1.29, 1.82) is 0 Å². The molecule has 1 heterocycles. The summed E-state index contributed by atoms with van der Waals surface area (Å²) in [5, 5.41) is 10.9. The van der Waals surface area contributed by atoms with Crippen molar-refractivity contribution in [2.24, 2.45) is 12.8 Å². The number of hydrogen-bond donors (Lipinski definition) is 2. The molecular weight excluding hydrogens is 268 g/mol. The summed E-state index contributed by atoms with van der Waals surface area (Å²) in [5.41, 5.74) is 6.56. The van der Waals surface area contributed by atoms with Gasteiger partial charge in [0.25, 0.3) is 16.0 Å². The topological polar surface area (TPSA) is 116 Å². The number of anilines is 1. The smallest absolute Gasteiger partial charge is 0.277 e. The number of aryl methyl sites for hydroxylation is 1. The second-order valence-corrected chi connectivity index (χ2v) is 5.75.